The molecule has 0 unspecified atom stereocenters. The minimum absolute atomic E-state index is 0.756. The van der Waals surface area contributed by atoms with Crippen molar-refractivity contribution >= 4 is 34.1 Å². The first kappa shape index (κ1) is 9.68. The number of fused-ring (bicyclic) bond motifs is 1. The summed E-state index contributed by atoms with van der Waals surface area (Å²) < 4.78 is 12.6. The molecule has 0 saturated heterocycles. The van der Waals surface area contributed by atoms with E-state index in [4.69, 9.17) is 9.47 Å². The van der Waals surface area contributed by atoms with E-state index in [2.05, 4.69) is 12.6 Å². The predicted octanol–water partition coefficient (Wildman–Crippen LogP) is 3.21. The molecule has 2 rings (SSSR count). The van der Waals surface area contributed by atoms with Crippen LogP contribution in [-0.2, 0) is 0 Å². The highest BCUT2D eigenvalue weighted by atomic mass is 32.2. The summed E-state index contributed by atoms with van der Waals surface area (Å²) >= 11 is 5.94. The largest absolute Gasteiger partial charge is 0.493 e. The Labute approximate surface area is 91.9 Å². The molecule has 0 aliphatic carbocycles. The molecule has 2 nitrogen and oxygen atoms in total. The van der Waals surface area contributed by atoms with E-state index in [1.54, 1.807) is 25.6 Å². The summed E-state index contributed by atoms with van der Waals surface area (Å²) in [5, 5.41) is 1.14. The maximum Gasteiger partial charge on any atom is 0.162 e. The molecule has 1 heterocycles. The van der Waals surface area contributed by atoms with Crippen LogP contribution in [0.15, 0.2) is 22.4 Å². The van der Waals surface area contributed by atoms with Crippen LogP contribution >= 0.6 is 24.0 Å². The minimum Gasteiger partial charge on any atom is -0.493 e. The SMILES string of the molecule is COc1cc2cc(S)sc2cc1OC. The molecule has 74 valence electrons. The number of rotatable bonds is 2. The van der Waals surface area contributed by atoms with Gasteiger partial charge in [-0.2, -0.15) is 0 Å². The van der Waals surface area contributed by atoms with E-state index >= 15 is 0 Å². The first-order valence-corrected chi connectivity index (χ1v) is 5.35. The zero-order chi connectivity index (χ0) is 10.1. The molecule has 0 amide bonds. The molecular formula is C10H10O2S2. The van der Waals surface area contributed by atoms with Crippen molar-refractivity contribution in [1.29, 1.82) is 0 Å². The Bertz CT molecular complexity index is 421. The monoisotopic (exact) mass is 226 g/mol. The van der Waals surface area contributed by atoms with Gasteiger partial charge in [0.25, 0.3) is 0 Å². The van der Waals surface area contributed by atoms with Gasteiger partial charge in [0, 0.05) is 10.8 Å². The molecule has 0 radical (unpaired) electrons. The second-order valence-electron chi connectivity index (χ2n) is 2.83. The molecule has 4 heteroatoms. The molecule has 1 aromatic heterocycles. The molecule has 2 aromatic rings. The maximum atomic E-state index is 5.21. The van der Waals surface area contributed by atoms with Crippen molar-refractivity contribution < 1.29 is 9.47 Å². The lowest BCUT2D eigenvalue weighted by Crippen LogP contribution is -1.89. The van der Waals surface area contributed by atoms with Crippen LogP contribution in [0, 0.1) is 0 Å². The maximum absolute atomic E-state index is 5.21. The molecule has 14 heavy (non-hydrogen) atoms. The Morgan fingerprint density at radius 3 is 2.36 bits per heavy atom. The number of hydrogen-bond donors (Lipinski definition) is 1. The first-order valence-electron chi connectivity index (χ1n) is 4.09. The lowest BCUT2D eigenvalue weighted by atomic mass is 10.2. The van der Waals surface area contributed by atoms with Crippen LogP contribution in [0.5, 0.6) is 11.5 Å². The standard InChI is InChI=1S/C10H10O2S2/c1-11-7-3-6-4-10(13)14-9(6)5-8(7)12-2/h3-5,13H,1-2H3. The van der Waals surface area contributed by atoms with Crippen LogP contribution in [-0.4, -0.2) is 14.2 Å². The van der Waals surface area contributed by atoms with Crippen molar-refractivity contribution in [3.05, 3.63) is 18.2 Å². The van der Waals surface area contributed by atoms with Gasteiger partial charge in [0.15, 0.2) is 11.5 Å². The van der Waals surface area contributed by atoms with E-state index in [1.165, 1.54) is 0 Å². The topological polar surface area (TPSA) is 18.5 Å². The van der Waals surface area contributed by atoms with Crippen molar-refractivity contribution in [1.82, 2.24) is 0 Å². The third-order valence-electron chi connectivity index (χ3n) is 2.01. The third kappa shape index (κ3) is 1.55. The van der Waals surface area contributed by atoms with Crippen LogP contribution < -0.4 is 9.47 Å². The van der Waals surface area contributed by atoms with Crippen molar-refractivity contribution in [2.75, 3.05) is 14.2 Å². The number of thiol groups is 1. The zero-order valence-electron chi connectivity index (χ0n) is 7.90. The van der Waals surface area contributed by atoms with E-state index in [0.29, 0.717) is 0 Å². The van der Waals surface area contributed by atoms with E-state index in [1.807, 2.05) is 18.2 Å². The Hall–Kier alpha value is -0.870. The van der Waals surface area contributed by atoms with Crippen LogP contribution in [0.1, 0.15) is 0 Å². The Balaban J connectivity index is 2.68. The first-order chi connectivity index (χ1) is 6.74. The van der Waals surface area contributed by atoms with E-state index < -0.39 is 0 Å². The highest BCUT2D eigenvalue weighted by Crippen LogP contribution is 2.37. The molecule has 1 aromatic carbocycles. The third-order valence-corrected chi connectivity index (χ3v) is 3.31. The summed E-state index contributed by atoms with van der Waals surface area (Å²) in [5.41, 5.74) is 0. The van der Waals surface area contributed by atoms with Crippen LogP contribution in [0.3, 0.4) is 0 Å². The molecule has 0 N–H and O–H groups in total. The normalized spacial score (nSPS) is 10.5. The van der Waals surface area contributed by atoms with Crippen molar-refractivity contribution in [2.24, 2.45) is 0 Å². The summed E-state index contributed by atoms with van der Waals surface area (Å²) in [4.78, 5) is 0. The summed E-state index contributed by atoms with van der Waals surface area (Å²) in [5.74, 6) is 1.52. The van der Waals surface area contributed by atoms with Crippen LogP contribution in [0.4, 0.5) is 0 Å². The van der Waals surface area contributed by atoms with Crippen molar-refractivity contribution in [3.8, 4) is 11.5 Å². The van der Waals surface area contributed by atoms with Crippen molar-refractivity contribution in [2.45, 2.75) is 4.21 Å². The van der Waals surface area contributed by atoms with Gasteiger partial charge >= 0.3 is 0 Å². The summed E-state index contributed by atoms with van der Waals surface area (Å²) in [6.07, 6.45) is 0. The number of benzene rings is 1. The Morgan fingerprint density at radius 2 is 1.71 bits per heavy atom. The van der Waals surface area contributed by atoms with Gasteiger partial charge in [0.05, 0.1) is 18.4 Å². The quantitative estimate of drug-likeness (QED) is 0.793. The average Bonchev–Trinajstić information content (AvgIpc) is 2.54. The summed E-state index contributed by atoms with van der Waals surface area (Å²) in [7, 11) is 3.27. The van der Waals surface area contributed by atoms with E-state index in [0.717, 1.165) is 25.8 Å². The second-order valence-corrected chi connectivity index (χ2v) is 4.70. The zero-order valence-corrected chi connectivity index (χ0v) is 9.61. The van der Waals surface area contributed by atoms with Gasteiger partial charge < -0.3 is 9.47 Å². The second kappa shape index (κ2) is 3.71. The highest BCUT2D eigenvalue weighted by Gasteiger charge is 2.07. The smallest absolute Gasteiger partial charge is 0.162 e. The molecule has 0 aliphatic heterocycles. The van der Waals surface area contributed by atoms with Gasteiger partial charge in [-0.15, -0.1) is 24.0 Å². The van der Waals surface area contributed by atoms with Gasteiger partial charge in [-0.3, -0.25) is 0 Å². The fraction of sp³-hybridized carbons (Fsp3) is 0.200. The summed E-state index contributed by atoms with van der Waals surface area (Å²) in [6.45, 7) is 0. The van der Waals surface area contributed by atoms with Gasteiger partial charge in [-0.25, -0.2) is 0 Å². The molecule has 0 atom stereocenters. The van der Waals surface area contributed by atoms with E-state index in [-0.39, 0.29) is 0 Å². The van der Waals surface area contributed by atoms with Crippen LogP contribution in [0.25, 0.3) is 10.1 Å². The fourth-order valence-corrected chi connectivity index (χ4v) is 2.60. The van der Waals surface area contributed by atoms with Gasteiger partial charge in [0.2, 0.25) is 0 Å². The Morgan fingerprint density at radius 1 is 1.07 bits per heavy atom. The Kier molecular flexibility index (Phi) is 2.56. The number of thiophene rings is 1. The molecule has 0 fully saturated rings. The van der Waals surface area contributed by atoms with Gasteiger partial charge in [0.1, 0.15) is 0 Å². The lowest BCUT2D eigenvalue weighted by Gasteiger charge is -2.06. The fourth-order valence-electron chi connectivity index (χ4n) is 1.35. The molecular weight excluding hydrogens is 216 g/mol. The van der Waals surface area contributed by atoms with Crippen LogP contribution in [0.2, 0.25) is 0 Å². The summed E-state index contributed by atoms with van der Waals surface area (Å²) in [6, 6.07) is 5.95. The lowest BCUT2D eigenvalue weighted by molar-refractivity contribution is 0.356. The number of hydrogen-bond acceptors (Lipinski definition) is 4. The average molecular weight is 226 g/mol. The van der Waals surface area contributed by atoms with Crippen molar-refractivity contribution in [3.63, 3.8) is 0 Å². The van der Waals surface area contributed by atoms with Gasteiger partial charge in [-0.05, 0) is 17.5 Å². The predicted molar refractivity (Wildman–Crippen MR) is 62.2 cm³/mol. The molecule has 0 aliphatic rings. The highest BCUT2D eigenvalue weighted by molar-refractivity contribution is 7.83. The number of ether oxygens (including phenoxy) is 2. The number of methoxy groups -OCH3 is 2. The minimum atomic E-state index is 0.756. The molecule has 0 saturated carbocycles. The van der Waals surface area contributed by atoms with Gasteiger partial charge in [-0.1, -0.05) is 0 Å². The molecule has 0 bridgehead atoms. The van der Waals surface area contributed by atoms with E-state index in [9.17, 15) is 0 Å². The molecule has 0 spiro atoms.